The summed E-state index contributed by atoms with van der Waals surface area (Å²) in [6, 6.07) is 5.81. The summed E-state index contributed by atoms with van der Waals surface area (Å²) < 4.78 is 0. The van der Waals surface area contributed by atoms with Gasteiger partial charge in [-0.15, -0.1) is 0 Å². The maximum absolute atomic E-state index is 11.7. The summed E-state index contributed by atoms with van der Waals surface area (Å²) in [6.07, 6.45) is 1.31. The number of nitrogens with zero attached hydrogens (tertiary/aromatic N) is 1. The average Bonchev–Trinajstić information content (AvgIpc) is 2.46. The number of carbonyl (C=O) groups is 1. The monoisotopic (exact) mass is 278 g/mol. The number of aryl methyl sites for hydroxylation is 1. The largest absolute Gasteiger partial charge is 0.395 e. The first-order valence-electron chi connectivity index (χ1n) is 7.04. The molecule has 1 heterocycles. The highest BCUT2D eigenvalue weighted by molar-refractivity contribution is 5.92. The van der Waals surface area contributed by atoms with E-state index in [0.29, 0.717) is 13.1 Å². The smallest absolute Gasteiger partial charge is 0.223 e. The number of hydrogen-bond donors (Lipinski definition) is 3. The second kappa shape index (κ2) is 6.83. The minimum atomic E-state index is -0.636. The molecule has 0 spiro atoms. The predicted molar refractivity (Wildman–Crippen MR) is 77.7 cm³/mol. The maximum Gasteiger partial charge on any atom is 0.223 e. The van der Waals surface area contributed by atoms with Crippen LogP contribution in [0.4, 0.5) is 5.69 Å². The van der Waals surface area contributed by atoms with Crippen molar-refractivity contribution in [2.24, 2.45) is 0 Å². The SMILES string of the molecule is CC(=O)N1CCCc2ccc(C(O)CNCCO)cc21. The number of hydrogen-bond acceptors (Lipinski definition) is 4. The van der Waals surface area contributed by atoms with Gasteiger partial charge in [-0.25, -0.2) is 0 Å². The Kier molecular flexibility index (Phi) is 5.11. The number of aliphatic hydroxyl groups is 2. The number of benzene rings is 1. The minimum Gasteiger partial charge on any atom is -0.395 e. The molecule has 2 rings (SSSR count). The molecule has 0 radical (unpaired) electrons. The van der Waals surface area contributed by atoms with Crippen LogP contribution >= 0.6 is 0 Å². The summed E-state index contributed by atoms with van der Waals surface area (Å²) in [7, 11) is 0. The van der Waals surface area contributed by atoms with Crippen molar-refractivity contribution in [2.75, 3.05) is 31.1 Å². The summed E-state index contributed by atoms with van der Waals surface area (Å²) >= 11 is 0. The summed E-state index contributed by atoms with van der Waals surface area (Å²) in [5.74, 6) is 0.0380. The molecule has 1 aromatic carbocycles. The number of rotatable bonds is 5. The summed E-state index contributed by atoms with van der Waals surface area (Å²) in [4.78, 5) is 13.5. The summed E-state index contributed by atoms with van der Waals surface area (Å²) in [6.45, 7) is 3.21. The van der Waals surface area contributed by atoms with Crippen LogP contribution < -0.4 is 10.2 Å². The van der Waals surface area contributed by atoms with E-state index < -0.39 is 6.10 Å². The first-order valence-corrected chi connectivity index (χ1v) is 7.04. The summed E-state index contributed by atoms with van der Waals surface area (Å²) in [5, 5.41) is 21.8. The van der Waals surface area contributed by atoms with Gasteiger partial charge in [-0.3, -0.25) is 4.79 Å². The molecule has 0 bridgehead atoms. The molecule has 1 atom stereocenters. The third-order valence-electron chi connectivity index (χ3n) is 3.62. The van der Waals surface area contributed by atoms with E-state index in [1.54, 1.807) is 11.8 Å². The molecule has 1 amide bonds. The molecule has 0 saturated heterocycles. The topological polar surface area (TPSA) is 72.8 Å². The number of nitrogens with one attached hydrogen (secondary N) is 1. The zero-order valence-electron chi connectivity index (χ0n) is 11.8. The van der Waals surface area contributed by atoms with E-state index in [0.717, 1.165) is 36.2 Å². The highest BCUT2D eigenvalue weighted by Crippen LogP contribution is 2.30. The van der Waals surface area contributed by atoms with Gasteiger partial charge in [-0.2, -0.15) is 0 Å². The Morgan fingerprint density at radius 3 is 3.00 bits per heavy atom. The molecule has 1 aliphatic rings. The zero-order chi connectivity index (χ0) is 14.5. The molecule has 1 unspecified atom stereocenters. The van der Waals surface area contributed by atoms with Gasteiger partial charge in [0.05, 0.1) is 12.7 Å². The van der Waals surface area contributed by atoms with E-state index in [-0.39, 0.29) is 12.5 Å². The van der Waals surface area contributed by atoms with Gasteiger partial charge >= 0.3 is 0 Å². The van der Waals surface area contributed by atoms with Gasteiger partial charge in [0.2, 0.25) is 5.91 Å². The molecule has 0 aromatic heterocycles. The fourth-order valence-electron chi connectivity index (χ4n) is 2.56. The lowest BCUT2D eigenvalue weighted by atomic mass is 9.97. The number of amides is 1. The predicted octanol–water partition coefficient (Wildman–Crippen LogP) is 0.601. The van der Waals surface area contributed by atoms with Crippen molar-refractivity contribution in [1.82, 2.24) is 5.32 Å². The number of aliphatic hydroxyl groups excluding tert-OH is 2. The Morgan fingerprint density at radius 1 is 1.50 bits per heavy atom. The van der Waals surface area contributed by atoms with E-state index in [4.69, 9.17) is 5.11 Å². The molecule has 1 aliphatic heterocycles. The lowest BCUT2D eigenvalue weighted by molar-refractivity contribution is -0.116. The van der Waals surface area contributed by atoms with Crippen molar-refractivity contribution < 1.29 is 15.0 Å². The molecule has 3 N–H and O–H groups in total. The molecule has 1 aromatic rings. The van der Waals surface area contributed by atoms with Crippen LogP contribution in [-0.4, -0.2) is 42.4 Å². The Labute approximate surface area is 119 Å². The highest BCUT2D eigenvalue weighted by Gasteiger charge is 2.21. The third kappa shape index (κ3) is 3.36. The first-order chi connectivity index (χ1) is 9.63. The van der Waals surface area contributed by atoms with E-state index in [1.165, 1.54) is 0 Å². The first kappa shape index (κ1) is 15.0. The Bertz CT molecular complexity index is 476. The lowest BCUT2D eigenvalue weighted by Gasteiger charge is -2.29. The van der Waals surface area contributed by atoms with Gasteiger partial charge in [0.25, 0.3) is 0 Å². The van der Waals surface area contributed by atoms with Crippen molar-refractivity contribution in [2.45, 2.75) is 25.9 Å². The normalized spacial score (nSPS) is 15.8. The number of fused-ring (bicyclic) bond motifs is 1. The van der Waals surface area contributed by atoms with Gasteiger partial charge < -0.3 is 20.4 Å². The van der Waals surface area contributed by atoms with Gasteiger partial charge in [0, 0.05) is 32.2 Å². The van der Waals surface area contributed by atoms with Crippen LogP contribution in [-0.2, 0) is 11.2 Å². The average molecular weight is 278 g/mol. The molecular weight excluding hydrogens is 256 g/mol. The van der Waals surface area contributed by atoms with Gasteiger partial charge in [0.15, 0.2) is 0 Å². The molecule has 5 heteroatoms. The fraction of sp³-hybridized carbons (Fsp3) is 0.533. The van der Waals surface area contributed by atoms with Crippen molar-refractivity contribution in [3.8, 4) is 0 Å². The third-order valence-corrected chi connectivity index (χ3v) is 3.62. The van der Waals surface area contributed by atoms with Crippen molar-refractivity contribution in [3.05, 3.63) is 29.3 Å². The standard InChI is InChI=1S/C15H22N2O3/c1-11(19)17-7-2-3-12-4-5-13(9-14(12)17)15(20)10-16-6-8-18/h4-5,9,15-16,18,20H,2-3,6-8,10H2,1H3. The Morgan fingerprint density at radius 2 is 2.30 bits per heavy atom. The van der Waals surface area contributed by atoms with Crippen LogP contribution in [0.25, 0.3) is 0 Å². The summed E-state index contributed by atoms with van der Waals surface area (Å²) in [5.41, 5.74) is 2.87. The van der Waals surface area contributed by atoms with E-state index in [9.17, 15) is 9.90 Å². The van der Waals surface area contributed by atoms with Gasteiger partial charge in [-0.05, 0) is 30.0 Å². The van der Waals surface area contributed by atoms with E-state index >= 15 is 0 Å². The number of carbonyl (C=O) groups excluding carboxylic acids is 1. The molecular formula is C15H22N2O3. The minimum absolute atomic E-state index is 0.0380. The maximum atomic E-state index is 11.7. The molecule has 0 fully saturated rings. The highest BCUT2D eigenvalue weighted by atomic mass is 16.3. The van der Waals surface area contributed by atoms with Crippen molar-refractivity contribution in [3.63, 3.8) is 0 Å². The van der Waals surface area contributed by atoms with Crippen LogP contribution in [0, 0.1) is 0 Å². The second-order valence-corrected chi connectivity index (χ2v) is 5.11. The van der Waals surface area contributed by atoms with Gasteiger partial charge in [0.1, 0.15) is 0 Å². The molecule has 20 heavy (non-hydrogen) atoms. The van der Waals surface area contributed by atoms with Crippen LogP contribution in [0.15, 0.2) is 18.2 Å². The lowest BCUT2D eigenvalue weighted by Crippen LogP contribution is -2.33. The van der Waals surface area contributed by atoms with Gasteiger partial charge in [-0.1, -0.05) is 12.1 Å². The second-order valence-electron chi connectivity index (χ2n) is 5.11. The van der Waals surface area contributed by atoms with Crippen LogP contribution in [0.5, 0.6) is 0 Å². The quantitative estimate of drug-likeness (QED) is 0.690. The molecule has 5 nitrogen and oxygen atoms in total. The van der Waals surface area contributed by atoms with E-state index in [1.807, 2.05) is 18.2 Å². The fourth-order valence-corrected chi connectivity index (χ4v) is 2.56. The molecule has 0 aliphatic carbocycles. The zero-order valence-corrected chi connectivity index (χ0v) is 11.8. The number of anilines is 1. The van der Waals surface area contributed by atoms with Crippen molar-refractivity contribution >= 4 is 11.6 Å². The molecule has 110 valence electrons. The Hall–Kier alpha value is -1.43. The van der Waals surface area contributed by atoms with E-state index in [2.05, 4.69) is 5.32 Å². The van der Waals surface area contributed by atoms with Crippen LogP contribution in [0.3, 0.4) is 0 Å². The molecule has 0 saturated carbocycles. The van der Waals surface area contributed by atoms with Crippen LogP contribution in [0.2, 0.25) is 0 Å². The Balaban J connectivity index is 2.16. The van der Waals surface area contributed by atoms with Crippen molar-refractivity contribution in [1.29, 1.82) is 0 Å². The van der Waals surface area contributed by atoms with Crippen LogP contribution in [0.1, 0.15) is 30.6 Å².